The van der Waals surface area contributed by atoms with E-state index in [-0.39, 0.29) is 19.6 Å². The number of hydrogen-bond acceptors (Lipinski definition) is 7. The molecule has 2 fully saturated rings. The number of nitrogens with zero attached hydrogens (tertiary/aromatic N) is 3. The second kappa shape index (κ2) is 10.1. The van der Waals surface area contributed by atoms with Crippen molar-refractivity contribution in [1.29, 1.82) is 0 Å². The number of likely N-dealkylation sites (N-methyl/N-ethyl adjacent to an activating group) is 1. The molecular formula is C20H23N5O8. The highest BCUT2D eigenvalue weighted by molar-refractivity contribution is 6.38. The summed E-state index contributed by atoms with van der Waals surface area (Å²) in [6.45, 7) is 1.43. The van der Waals surface area contributed by atoms with Gasteiger partial charge in [-0.25, -0.2) is 14.7 Å². The van der Waals surface area contributed by atoms with Crippen LogP contribution in [0, 0.1) is 0 Å². The lowest BCUT2D eigenvalue weighted by atomic mass is 10.0. The third-order valence-corrected chi connectivity index (χ3v) is 5.15. The molecule has 1 aromatic carbocycles. The number of rotatable bonds is 8. The van der Waals surface area contributed by atoms with E-state index in [1.165, 1.54) is 4.90 Å². The van der Waals surface area contributed by atoms with Crippen LogP contribution in [0.4, 0.5) is 4.79 Å². The molecule has 2 atom stereocenters. The lowest BCUT2D eigenvalue weighted by Gasteiger charge is -2.37. The number of carboxylic acid groups (broad SMARTS) is 1. The predicted octanol–water partition coefficient (Wildman–Crippen LogP) is -1.53. The number of nitrogens with one attached hydrogen (secondary N) is 2. The van der Waals surface area contributed by atoms with Crippen molar-refractivity contribution >= 4 is 35.6 Å². The van der Waals surface area contributed by atoms with E-state index in [9.17, 15) is 28.8 Å². The van der Waals surface area contributed by atoms with Gasteiger partial charge in [-0.05, 0) is 12.5 Å². The number of piperazine rings is 1. The standard InChI is InChI=1S/C20H23N5O8/c1-2-23-8-9-24(19(31)18(23)30)20(32)22-15(12-6-4-3-5-7-12)16(28)21-13-10-25(17(13)29)33-11-14(26)27/h3-7,13,15H,2,8-11H2,1H3,(H,21,28)(H,22,32)(H,26,27)/t13-,15?/m0/s1. The number of hydrogen-bond donors (Lipinski definition) is 3. The summed E-state index contributed by atoms with van der Waals surface area (Å²) in [6.07, 6.45) is 0. The topological polar surface area (TPSA) is 166 Å². The minimum absolute atomic E-state index is 0.0234. The first-order valence-corrected chi connectivity index (χ1v) is 10.2. The molecule has 3 N–H and O–H groups in total. The summed E-state index contributed by atoms with van der Waals surface area (Å²) in [6, 6.07) is 5.02. The minimum atomic E-state index is -1.26. The number of hydroxylamine groups is 2. The molecule has 2 heterocycles. The zero-order valence-corrected chi connectivity index (χ0v) is 17.7. The van der Waals surface area contributed by atoms with Crippen molar-refractivity contribution in [1.82, 2.24) is 25.5 Å². The van der Waals surface area contributed by atoms with Gasteiger partial charge in [0.15, 0.2) is 6.61 Å². The second-order valence-electron chi connectivity index (χ2n) is 7.26. The Morgan fingerprint density at radius 2 is 1.82 bits per heavy atom. The monoisotopic (exact) mass is 461 g/mol. The summed E-state index contributed by atoms with van der Waals surface area (Å²) in [5.74, 6) is -4.42. The molecule has 0 bridgehead atoms. The van der Waals surface area contributed by atoms with Crippen LogP contribution in [0.5, 0.6) is 0 Å². The highest BCUT2D eigenvalue weighted by Gasteiger charge is 2.42. The van der Waals surface area contributed by atoms with Gasteiger partial charge in [0.1, 0.15) is 12.1 Å². The van der Waals surface area contributed by atoms with Gasteiger partial charge in [0.05, 0.1) is 6.54 Å². The highest BCUT2D eigenvalue weighted by Crippen LogP contribution is 2.17. The van der Waals surface area contributed by atoms with E-state index >= 15 is 0 Å². The maximum Gasteiger partial charge on any atom is 0.332 e. The van der Waals surface area contributed by atoms with Crippen molar-refractivity contribution in [2.24, 2.45) is 0 Å². The Kier molecular flexibility index (Phi) is 7.23. The van der Waals surface area contributed by atoms with Gasteiger partial charge < -0.3 is 20.6 Å². The maximum absolute atomic E-state index is 12.9. The molecule has 2 aliphatic rings. The molecule has 33 heavy (non-hydrogen) atoms. The number of urea groups is 1. The molecule has 0 spiro atoms. The predicted molar refractivity (Wildman–Crippen MR) is 109 cm³/mol. The number of carbonyl (C=O) groups is 6. The van der Waals surface area contributed by atoms with E-state index < -0.39 is 54.3 Å². The molecule has 0 aliphatic carbocycles. The van der Waals surface area contributed by atoms with Crippen molar-refractivity contribution in [3.8, 4) is 0 Å². The van der Waals surface area contributed by atoms with E-state index in [4.69, 9.17) is 9.94 Å². The Bertz CT molecular complexity index is 968. The quantitative estimate of drug-likeness (QED) is 0.310. The summed E-state index contributed by atoms with van der Waals surface area (Å²) < 4.78 is 0. The van der Waals surface area contributed by atoms with Gasteiger partial charge in [-0.1, -0.05) is 30.3 Å². The van der Waals surface area contributed by atoms with Crippen LogP contribution in [0.15, 0.2) is 30.3 Å². The van der Waals surface area contributed by atoms with Gasteiger partial charge in [-0.15, -0.1) is 0 Å². The van der Waals surface area contributed by atoms with Gasteiger partial charge in [0, 0.05) is 19.6 Å². The largest absolute Gasteiger partial charge is 0.479 e. The van der Waals surface area contributed by atoms with Crippen molar-refractivity contribution in [3.63, 3.8) is 0 Å². The fourth-order valence-electron chi connectivity index (χ4n) is 3.32. The van der Waals surface area contributed by atoms with Crippen molar-refractivity contribution in [2.75, 3.05) is 32.8 Å². The summed E-state index contributed by atoms with van der Waals surface area (Å²) in [5.41, 5.74) is 0.389. The number of benzene rings is 1. The second-order valence-corrected chi connectivity index (χ2v) is 7.26. The molecule has 176 valence electrons. The van der Waals surface area contributed by atoms with E-state index in [1.54, 1.807) is 37.3 Å². The van der Waals surface area contributed by atoms with E-state index in [1.807, 2.05) is 0 Å². The molecule has 0 aromatic heterocycles. The molecule has 13 heteroatoms. The molecule has 13 nitrogen and oxygen atoms in total. The molecule has 2 saturated heterocycles. The smallest absolute Gasteiger partial charge is 0.332 e. The first-order valence-electron chi connectivity index (χ1n) is 10.2. The molecule has 0 radical (unpaired) electrons. The number of amides is 6. The summed E-state index contributed by atoms with van der Waals surface area (Å²) in [5, 5.41) is 14.4. The SMILES string of the molecule is CCN1CCN(C(=O)NC(C(=O)N[C@H]2CN(OCC(=O)O)C2=O)c2ccccc2)C(=O)C1=O. The Hall–Kier alpha value is -4.00. The van der Waals surface area contributed by atoms with Gasteiger partial charge in [-0.3, -0.25) is 28.9 Å². The van der Waals surface area contributed by atoms with Gasteiger partial charge >= 0.3 is 23.8 Å². The van der Waals surface area contributed by atoms with Crippen molar-refractivity contribution in [3.05, 3.63) is 35.9 Å². The Morgan fingerprint density at radius 3 is 2.42 bits per heavy atom. The summed E-state index contributed by atoms with van der Waals surface area (Å²) >= 11 is 0. The maximum atomic E-state index is 12.9. The average Bonchev–Trinajstić information content (AvgIpc) is 2.80. The fourth-order valence-corrected chi connectivity index (χ4v) is 3.32. The van der Waals surface area contributed by atoms with Crippen molar-refractivity contribution in [2.45, 2.75) is 19.0 Å². The first kappa shape index (κ1) is 23.7. The zero-order valence-electron chi connectivity index (χ0n) is 17.7. The molecule has 1 aromatic rings. The number of carbonyl (C=O) groups excluding carboxylic acids is 5. The minimum Gasteiger partial charge on any atom is -0.479 e. The van der Waals surface area contributed by atoms with Gasteiger partial charge in [-0.2, -0.15) is 0 Å². The zero-order chi connectivity index (χ0) is 24.1. The number of imide groups is 1. The normalized spacial score (nSPS) is 19.1. The Morgan fingerprint density at radius 1 is 1.12 bits per heavy atom. The van der Waals surface area contributed by atoms with Crippen LogP contribution in [0.1, 0.15) is 18.5 Å². The van der Waals surface area contributed by atoms with Gasteiger partial charge in [0.2, 0.25) is 5.91 Å². The van der Waals surface area contributed by atoms with Crippen LogP contribution in [0.2, 0.25) is 0 Å². The van der Waals surface area contributed by atoms with Crippen LogP contribution < -0.4 is 10.6 Å². The van der Waals surface area contributed by atoms with Crippen LogP contribution >= 0.6 is 0 Å². The third-order valence-electron chi connectivity index (χ3n) is 5.15. The fraction of sp³-hybridized carbons (Fsp3) is 0.400. The first-order chi connectivity index (χ1) is 15.7. The van der Waals surface area contributed by atoms with E-state index in [0.29, 0.717) is 12.1 Å². The van der Waals surface area contributed by atoms with Crippen LogP contribution in [-0.4, -0.2) is 94.4 Å². The van der Waals surface area contributed by atoms with E-state index in [0.717, 1.165) is 9.96 Å². The molecule has 1 unspecified atom stereocenters. The number of aliphatic carboxylic acids is 1. The van der Waals surface area contributed by atoms with Gasteiger partial charge in [0.25, 0.3) is 5.91 Å². The van der Waals surface area contributed by atoms with Crippen molar-refractivity contribution < 1.29 is 38.7 Å². The molecular weight excluding hydrogens is 438 g/mol. The van der Waals surface area contributed by atoms with Crippen LogP contribution in [0.25, 0.3) is 0 Å². The average molecular weight is 461 g/mol. The Balaban J connectivity index is 1.67. The highest BCUT2D eigenvalue weighted by atomic mass is 16.7. The lowest BCUT2D eigenvalue weighted by molar-refractivity contribution is -0.216. The number of β-lactam (4-membered cyclic amide) rings is 1. The third kappa shape index (κ3) is 5.26. The van der Waals surface area contributed by atoms with Crippen LogP contribution in [0.3, 0.4) is 0 Å². The Labute approximate surface area is 188 Å². The molecule has 3 rings (SSSR count). The molecule has 0 saturated carbocycles. The summed E-state index contributed by atoms with van der Waals surface area (Å²) in [7, 11) is 0. The number of carboxylic acids is 1. The van der Waals surface area contributed by atoms with E-state index in [2.05, 4.69) is 10.6 Å². The lowest BCUT2D eigenvalue weighted by Crippen LogP contribution is -2.65. The molecule has 6 amide bonds. The van der Waals surface area contributed by atoms with Crippen LogP contribution in [-0.2, 0) is 28.8 Å². The molecule has 2 aliphatic heterocycles. The summed E-state index contributed by atoms with van der Waals surface area (Å²) in [4.78, 5) is 79.6.